The molecule has 0 spiro atoms. The molecule has 0 N–H and O–H groups in total. The number of aromatic nitrogens is 4. The van der Waals surface area contributed by atoms with Gasteiger partial charge in [0.2, 0.25) is 5.95 Å². The van der Waals surface area contributed by atoms with E-state index in [1.54, 1.807) is 0 Å². The molecule has 4 aromatic rings. The highest BCUT2D eigenvalue weighted by Gasteiger charge is 2.15. The fourth-order valence-electron chi connectivity index (χ4n) is 3.68. The lowest BCUT2D eigenvalue weighted by Crippen LogP contribution is -2.29. The molecule has 0 atom stereocenters. The van der Waals surface area contributed by atoms with Crippen LogP contribution in [-0.4, -0.2) is 19.5 Å². The Hall–Kier alpha value is -3.53. The first kappa shape index (κ1) is 19.8. The Labute approximate surface area is 177 Å². The van der Waals surface area contributed by atoms with E-state index in [2.05, 4.69) is 54.8 Å². The number of hydrogen-bond acceptors (Lipinski definition) is 3. The average molecular weight is 395 g/mol. The normalized spacial score (nSPS) is 13.4. The van der Waals surface area contributed by atoms with Gasteiger partial charge in [0.1, 0.15) is 0 Å². The van der Waals surface area contributed by atoms with E-state index in [4.69, 9.17) is 15.0 Å². The molecular formula is C26H26N4. The van der Waals surface area contributed by atoms with Crippen LogP contribution < -0.4 is 10.6 Å². The summed E-state index contributed by atoms with van der Waals surface area (Å²) in [5.41, 5.74) is 3.10. The molecule has 0 aliphatic heterocycles. The Bertz CT molecular complexity index is 1350. The molecular weight excluding hydrogens is 368 g/mol. The summed E-state index contributed by atoms with van der Waals surface area (Å²) in [6, 6.07) is 18.5. The fraction of sp³-hybridized carbons (Fsp3) is 0.192. The van der Waals surface area contributed by atoms with Crippen LogP contribution in [0, 0.1) is 0 Å². The molecule has 4 nitrogen and oxygen atoms in total. The molecule has 0 saturated carbocycles. The Kier molecular flexibility index (Phi) is 5.57. The standard InChI is InChI=1S/C26H26N4/c1-5-13-22-20(7-3)21-16-11-12-17-23(21)30(22)26-28-24(18(4)6-2)27-25(29-26)19-14-9-8-10-15-19/h6-17H,5H2,1-4H3/b18-6+,20-7-,22-13+. The summed E-state index contributed by atoms with van der Waals surface area (Å²) in [6.07, 6.45) is 7.36. The maximum atomic E-state index is 4.91. The van der Waals surface area contributed by atoms with E-state index in [-0.39, 0.29) is 0 Å². The molecule has 0 amide bonds. The van der Waals surface area contributed by atoms with Crippen molar-refractivity contribution in [1.29, 1.82) is 0 Å². The number of para-hydroxylation sites is 1. The molecule has 4 heteroatoms. The lowest BCUT2D eigenvalue weighted by molar-refractivity contribution is 0.891. The number of allylic oxidation sites excluding steroid dienone is 2. The van der Waals surface area contributed by atoms with Crippen molar-refractivity contribution in [2.45, 2.75) is 34.1 Å². The summed E-state index contributed by atoms with van der Waals surface area (Å²) in [4.78, 5) is 14.6. The van der Waals surface area contributed by atoms with E-state index in [0.717, 1.165) is 28.4 Å². The van der Waals surface area contributed by atoms with E-state index in [1.807, 2.05) is 50.3 Å². The minimum atomic E-state index is 0.643. The smallest absolute Gasteiger partial charge is 0.238 e. The second-order valence-electron chi connectivity index (χ2n) is 7.17. The Morgan fingerprint density at radius 1 is 0.933 bits per heavy atom. The van der Waals surface area contributed by atoms with E-state index >= 15 is 0 Å². The van der Waals surface area contributed by atoms with Gasteiger partial charge in [-0.3, -0.25) is 4.57 Å². The summed E-state index contributed by atoms with van der Waals surface area (Å²) in [5.74, 6) is 2.02. The summed E-state index contributed by atoms with van der Waals surface area (Å²) < 4.78 is 2.16. The van der Waals surface area contributed by atoms with Crippen LogP contribution in [0.25, 0.3) is 46.0 Å². The van der Waals surface area contributed by atoms with Crippen molar-refractivity contribution in [3.8, 4) is 17.3 Å². The Morgan fingerprint density at radius 2 is 1.67 bits per heavy atom. The summed E-state index contributed by atoms with van der Waals surface area (Å²) in [5, 5.41) is 3.53. The molecule has 0 aliphatic carbocycles. The molecule has 30 heavy (non-hydrogen) atoms. The van der Waals surface area contributed by atoms with Crippen molar-refractivity contribution in [1.82, 2.24) is 19.5 Å². The second kappa shape index (κ2) is 8.46. The molecule has 2 aromatic heterocycles. The van der Waals surface area contributed by atoms with Crippen LogP contribution in [-0.2, 0) is 0 Å². The Morgan fingerprint density at radius 3 is 2.37 bits per heavy atom. The molecule has 0 fully saturated rings. The molecule has 0 saturated heterocycles. The van der Waals surface area contributed by atoms with Gasteiger partial charge in [-0.1, -0.05) is 73.7 Å². The van der Waals surface area contributed by atoms with Crippen LogP contribution in [0.2, 0.25) is 0 Å². The van der Waals surface area contributed by atoms with Gasteiger partial charge in [-0.05, 0) is 38.8 Å². The SMILES string of the molecule is C/C=c1\c(=C/CC)n(-c2nc(/C(C)=C/C)nc(-c3ccccc3)n2)c2ccccc12. The van der Waals surface area contributed by atoms with E-state index in [9.17, 15) is 0 Å². The third kappa shape index (κ3) is 3.45. The van der Waals surface area contributed by atoms with E-state index < -0.39 is 0 Å². The van der Waals surface area contributed by atoms with Crippen LogP contribution in [0.1, 0.15) is 39.9 Å². The van der Waals surface area contributed by atoms with Gasteiger partial charge in [-0.2, -0.15) is 9.97 Å². The third-order valence-corrected chi connectivity index (χ3v) is 5.28. The fourth-order valence-corrected chi connectivity index (χ4v) is 3.68. The quantitative estimate of drug-likeness (QED) is 0.495. The molecule has 0 aliphatic rings. The topological polar surface area (TPSA) is 43.6 Å². The lowest BCUT2D eigenvalue weighted by atomic mass is 10.2. The maximum absolute atomic E-state index is 4.91. The number of fused-ring (bicyclic) bond motifs is 1. The molecule has 0 bridgehead atoms. The van der Waals surface area contributed by atoms with Crippen LogP contribution in [0.5, 0.6) is 0 Å². The minimum absolute atomic E-state index is 0.643. The molecule has 150 valence electrons. The van der Waals surface area contributed by atoms with E-state index in [0.29, 0.717) is 17.6 Å². The van der Waals surface area contributed by atoms with Crippen molar-refractivity contribution in [3.05, 3.63) is 77.1 Å². The summed E-state index contributed by atoms with van der Waals surface area (Å²) in [6.45, 7) is 8.27. The van der Waals surface area contributed by atoms with Gasteiger partial charge < -0.3 is 0 Å². The van der Waals surface area contributed by atoms with Gasteiger partial charge >= 0.3 is 0 Å². The highest BCUT2D eigenvalue weighted by Crippen LogP contribution is 2.20. The van der Waals surface area contributed by atoms with Crippen molar-refractivity contribution >= 4 is 28.6 Å². The van der Waals surface area contributed by atoms with Gasteiger partial charge in [0.25, 0.3) is 0 Å². The largest absolute Gasteiger partial charge is 0.278 e. The van der Waals surface area contributed by atoms with Gasteiger partial charge in [-0.25, -0.2) is 4.98 Å². The van der Waals surface area contributed by atoms with Crippen LogP contribution in [0.15, 0.2) is 60.7 Å². The highest BCUT2D eigenvalue weighted by atomic mass is 15.2. The first-order chi connectivity index (χ1) is 14.7. The van der Waals surface area contributed by atoms with Gasteiger partial charge in [0.05, 0.1) is 10.9 Å². The number of nitrogens with zero attached hydrogens (tertiary/aromatic N) is 4. The molecule has 0 radical (unpaired) electrons. The number of rotatable bonds is 4. The van der Waals surface area contributed by atoms with E-state index in [1.165, 1.54) is 10.6 Å². The highest BCUT2D eigenvalue weighted by molar-refractivity contribution is 5.83. The van der Waals surface area contributed by atoms with Crippen LogP contribution in [0.3, 0.4) is 0 Å². The van der Waals surface area contributed by atoms with Crippen molar-refractivity contribution in [2.75, 3.05) is 0 Å². The first-order valence-electron chi connectivity index (χ1n) is 10.4. The van der Waals surface area contributed by atoms with Crippen molar-refractivity contribution < 1.29 is 0 Å². The zero-order valence-electron chi connectivity index (χ0n) is 17.9. The predicted molar refractivity (Wildman–Crippen MR) is 126 cm³/mol. The molecule has 4 rings (SSSR count). The average Bonchev–Trinajstić information content (AvgIpc) is 3.12. The first-order valence-corrected chi connectivity index (χ1v) is 10.4. The molecule has 2 aromatic carbocycles. The summed E-state index contributed by atoms with van der Waals surface area (Å²) in [7, 11) is 0. The predicted octanol–water partition coefficient (Wildman–Crippen LogP) is 4.90. The zero-order chi connectivity index (χ0) is 21.1. The Balaban J connectivity index is 2.13. The minimum Gasteiger partial charge on any atom is -0.278 e. The molecule has 0 unspecified atom stereocenters. The van der Waals surface area contributed by atoms with Crippen LogP contribution >= 0.6 is 0 Å². The number of hydrogen-bond donors (Lipinski definition) is 0. The molecule has 2 heterocycles. The van der Waals surface area contributed by atoms with Gasteiger partial charge in [-0.15, -0.1) is 0 Å². The van der Waals surface area contributed by atoms with Crippen molar-refractivity contribution in [3.63, 3.8) is 0 Å². The van der Waals surface area contributed by atoms with Gasteiger partial charge in [0.15, 0.2) is 11.6 Å². The second-order valence-corrected chi connectivity index (χ2v) is 7.17. The summed E-state index contributed by atoms with van der Waals surface area (Å²) >= 11 is 0. The van der Waals surface area contributed by atoms with Crippen molar-refractivity contribution in [2.24, 2.45) is 0 Å². The van der Waals surface area contributed by atoms with Crippen LogP contribution in [0.4, 0.5) is 0 Å². The maximum Gasteiger partial charge on any atom is 0.238 e. The third-order valence-electron chi connectivity index (χ3n) is 5.28. The lowest BCUT2D eigenvalue weighted by Gasteiger charge is -2.10. The zero-order valence-corrected chi connectivity index (χ0v) is 17.9. The monoisotopic (exact) mass is 394 g/mol. The van der Waals surface area contributed by atoms with Gasteiger partial charge in [0, 0.05) is 16.2 Å². The number of benzene rings is 2.